The van der Waals surface area contributed by atoms with Crippen molar-refractivity contribution in [3.8, 4) is 0 Å². The van der Waals surface area contributed by atoms with Gasteiger partial charge in [-0.3, -0.25) is 0 Å². The van der Waals surface area contributed by atoms with Crippen LogP contribution in [-0.4, -0.2) is 41.0 Å². The molecule has 4 heteroatoms. The second kappa shape index (κ2) is 9.71. The van der Waals surface area contributed by atoms with Gasteiger partial charge in [0.05, 0.1) is 5.52 Å². The fourth-order valence-corrected chi connectivity index (χ4v) is 3.76. The van der Waals surface area contributed by atoms with Crippen LogP contribution in [0.5, 0.6) is 0 Å². The molecule has 0 amide bonds. The third kappa shape index (κ3) is 5.09. The number of nitrogens with zero attached hydrogens (tertiary/aromatic N) is 3. The molecule has 0 bridgehead atoms. The van der Waals surface area contributed by atoms with Gasteiger partial charge in [0.2, 0.25) is 0 Å². The number of anilines is 1. The molecule has 0 unspecified atom stereocenters. The molecule has 0 fully saturated rings. The maximum absolute atomic E-state index is 4.86. The normalized spacial score (nSPS) is 11.7. The SMILES string of the molecule is CCN(CC)CCNc1nc(/C=C/c2ccc(C)cc2)nc2cc3ccccc3cc12. The van der Waals surface area contributed by atoms with E-state index < -0.39 is 0 Å². The Kier molecular flexibility index (Phi) is 6.58. The highest BCUT2D eigenvalue weighted by Gasteiger charge is 2.09. The van der Waals surface area contributed by atoms with Crippen LogP contribution >= 0.6 is 0 Å². The highest BCUT2D eigenvalue weighted by atomic mass is 15.1. The van der Waals surface area contributed by atoms with Crippen LogP contribution in [0.25, 0.3) is 33.8 Å². The van der Waals surface area contributed by atoms with E-state index in [1.54, 1.807) is 0 Å². The second-order valence-corrected chi connectivity index (χ2v) is 7.84. The summed E-state index contributed by atoms with van der Waals surface area (Å²) in [6.07, 6.45) is 4.07. The predicted molar refractivity (Wildman–Crippen MR) is 133 cm³/mol. The molecule has 0 radical (unpaired) electrons. The van der Waals surface area contributed by atoms with Crippen LogP contribution in [0.3, 0.4) is 0 Å². The van der Waals surface area contributed by atoms with Crippen LogP contribution in [0.15, 0.2) is 60.7 Å². The summed E-state index contributed by atoms with van der Waals surface area (Å²) in [6, 6.07) is 21.2. The van der Waals surface area contributed by atoms with Crippen LogP contribution in [0.4, 0.5) is 5.82 Å². The van der Waals surface area contributed by atoms with Gasteiger partial charge in [0.1, 0.15) is 5.82 Å². The quantitative estimate of drug-likeness (QED) is 0.361. The van der Waals surface area contributed by atoms with Gasteiger partial charge in [-0.05, 0) is 54.6 Å². The van der Waals surface area contributed by atoms with E-state index in [-0.39, 0.29) is 0 Å². The maximum atomic E-state index is 4.86. The van der Waals surface area contributed by atoms with Crippen LogP contribution < -0.4 is 5.32 Å². The van der Waals surface area contributed by atoms with Gasteiger partial charge >= 0.3 is 0 Å². The van der Waals surface area contributed by atoms with Crippen molar-refractivity contribution in [1.82, 2.24) is 14.9 Å². The molecule has 0 spiro atoms. The minimum absolute atomic E-state index is 0.716. The van der Waals surface area contributed by atoms with Gasteiger partial charge in [-0.15, -0.1) is 0 Å². The van der Waals surface area contributed by atoms with Gasteiger partial charge < -0.3 is 10.2 Å². The summed E-state index contributed by atoms with van der Waals surface area (Å²) < 4.78 is 0. The molecule has 1 N–H and O–H groups in total. The Morgan fingerprint density at radius 2 is 1.58 bits per heavy atom. The van der Waals surface area contributed by atoms with Gasteiger partial charge in [-0.1, -0.05) is 74.0 Å². The molecule has 4 rings (SSSR count). The summed E-state index contributed by atoms with van der Waals surface area (Å²) in [7, 11) is 0. The summed E-state index contributed by atoms with van der Waals surface area (Å²) in [4.78, 5) is 12.1. The molecule has 4 nitrogen and oxygen atoms in total. The molecule has 4 aromatic rings. The van der Waals surface area contributed by atoms with E-state index in [0.717, 1.165) is 48.5 Å². The Balaban J connectivity index is 1.70. The van der Waals surface area contributed by atoms with E-state index in [4.69, 9.17) is 9.97 Å². The van der Waals surface area contributed by atoms with Crippen molar-refractivity contribution in [2.75, 3.05) is 31.5 Å². The number of nitrogens with one attached hydrogen (secondary N) is 1. The van der Waals surface area contributed by atoms with Crippen molar-refractivity contribution in [1.29, 1.82) is 0 Å². The molecule has 3 aromatic carbocycles. The Hall–Kier alpha value is -3.24. The van der Waals surface area contributed by atoms with Gasteiger partial charge in [-0.2, -0.15) is 0 Å². The van der Waals surface area contributed by atoms with Gasteiger partial charge in [0.25, 0.3) is 0 Å². The van der Waals surface area contributed by atoms with E-state index in [1.165, 1.54) is 16.3 Å². The van der Waals surface area contributed by atoms with E-state index in [2.05, 4.69) is 97.7 Å². The van der Waals surface area contributed by atoms with Crippen LogP contribution in [0, 0.1) is 6.92 Å². The fourth-order valence-electron chi connectivity index (χ4n) is 3.76. The first kappa shape index (κ1) is 21.0. The van der Waals surface area contributed by atoms with Gasteiger partial charge in [0, 0.05) is 18.5 Å². The Morgan fingerprint density at radius 3 is 2.29 bits per heavy atom. The minimum Gasteiger partial charge on any atom is -0.368 e. The largest absolute Gasteiger partial charge is 0.368 e. The average molecular weight is 411 g/mol. The lowest BCUT2D eigenvalue weighted by Gasteiger charge is -2.18. The monoisotopic (exact) mass is 410 g/mol. The summed E-state index contributed by atoms with van der Waals surface area (Å²) in [6.45, 7) is 10.4. The number of aromatic nitrogens is 2. The average Bonchev–Trinajstić information content (AvgIpc) is 2.80. The molecule has 0 saturated heterocycles. The van der Waals surface area contributed by atoms with Crippen molar-refractivity contribution in [3.05, 3.63) is 77.6 Å². The topological polar surface area (TPSA) is 41.0 Å². The predicted octanol–water partition coefficient (Wildman–Crippen LogP) is 6.02. The molecule has 1 aromatic heterocycles. The van der Waals surface area contributed by atoms with E-state index in [0.29, 0.717) is 5.82 Å². The smallest absolute Gasteiger partial charge is 0.154 e. The maximum Gasteiger partial charge on any atom is 0.154 e. The number of hydrogen-bond acceptors (Lipinski definition) is 4. The third-order valence-corrected chi connectivity index (χ3v) is 5.70. The zero-order valence-corrected chi connectivity index (χ0v) is 18.6. The lowest BCUT2D eigenvalue weighted by Crippen LogP contribution is -2.28. The van der Waals surface area contributed by atoms with Crippen molar-refractivity contribution >= 4 is 39.6 Å². The second-order valence-electron chi connectivity index (χ2n) is 7.84. The number of rotatable bonds is 8. The van der Waals surface area contributed by atoms with E-state index >= 15 is 0 Å². The molecule has 0 atom stereocenters. The molecule has 158 valence electrons. The van der Waals surface area contributed by atoms with Gasteiger partial charge in [-0.25, -0.2) is 9.97 Å². The molecular weight excluding hydrogens is 380 g/mol. The van der Waals surface area contributed by atoms with Crippen LogP contribution in [0.1, 0.15) is 30.8 Å². The molecule has 0 aliphatic rings. The van der Waals surface area contributed by atoms with Crippen molar-refractivity contribution < 1.29 is 0 Å². The molecule has 0 saturated carbocycles. The standard InChI is InChI=1S/C27H30N4/c1-4-31(5-2)17-16-28-27-24-18-22-8-6-7-9-23(22)19-25(24)29-26(30-27)15-14-21-12-10-20(3)11-13-21/h6-15,18-19H,4-5,16-17H2,1-3H3,(H,28,29,30)/b15-14+. The highest BCUT2D eigenvalue weighted by Crippen LogP contribution is 2.27. The summed E-state index contributed by atoms with van der Waals surface area (Å²) in [5.74, 6) is 1.61. The number of benzene rings is 3. The lowest BCUT2D eigenvalue weighted by molar-refractivity contribution is 0.316. The summed E-state index contributed by atoms with van der Waals surface area (Å²) >= 11 is 0. The first-order chi connectivity index (χ1) is 15.2. The molecule has 31 heavy (non-hydrogen) atoms. The first-order valence-electron chi connectivity index (χ1n) is 11.1. The van der Waals surface area contributed by atoms with Crippen molar-refractivity contribution in [2.24, 2.45) is 0 Å². The number of likely N-dealkylation sites (N-methyl/N-ethyl adjacent to an activating group) is 1. The minimum atomic E-state index is 0.716. The number of fused-ring (bicyclic) bond motifs is 2. The summed E-state index contributed by atoms with van der Waals surface area (Å²) in [5, 5.41) is 7.02. The molecular formula is C27H30N4. The Morgan fingerprint density at radius 1 is 0.871 bits per heavy atom. The number of hydrogen-bond donors (Lipinski definition) is 1. The zero-order chi connectivity index (χ0) is 21.6. The zero-order valence-electron chi connectivity index (χ0n) is 18.6. The molecule has 0 aliphatic carbocycles. The van der Waals surface area contributed by atoms with E-state index in [1.807, 2.05) is 6.08 Å². The fraction of sp³-hybridized carbons (Fsp3) is 0.259. The van der Waals surface area contributed by atoms with Gasteiger partial charge in [0.15, 0.2) is 5.82 Å². The van der Waals surface area contributed by atoms with E-state index in [9.17, 15) is 0 Å². The molecule has 0 aliphatic heterocycles. The van der Waals surface area contributed by atoms with Crippen LogP contribution in [0.2, 0.25) is 0 Å². The highest BCUT2D eigenvalue weighted by molar-refractivity contribution is 6.01. The molecule has 1 heterocycles. The first-order valence-corrected chi connectivity index (χ1v) is 11.1. The lowest BCUT2D eigenvalue weighted by atomic mass is 10.1. The Labute approximate surface area is 184 Å². The van der Waals surface area contributed by atoms with Crippen LogP contribution in [-0.2, 0) is 0 Å². The van der Waals surface area contributed by atoms with Crippen molar-refractivity contribution in [2.45, 2.75) is 20.8 Å². The number of aryl methyl sites for hydroxylation is 1. The third-order valence-electron chi connectivity index (χ3n) is 5.70. The summed E-state index contributed by atoms with van der Waals surface area (Å²) in [5.41, 5.74) is 3.36. The van der Waals surface area contributed by atoms with Crippen molar-refractivity contribution in [3.63, 3.8) is 0 Å². The Bertz CT molecular complexity index is 1190.